The number of aliphatic carboxylic acids is 2. The molecule has 4 N–H and O–H groups in total. The molecule has 238 valence electrons. The summed E-state index contributed by atoms with van der Waals surface area (Å²) in [5, 5.41) is 44.3. The number of aliphatic hydroxyl groups is 1. The van der Waals surface area contributed by atoms with Crippen LogP contribution >= 0.6 is 0 Å². The van der Waals surface area contributed by atoms with Crippen LogP contribution in [0.25, 0.3) is 0 Å². The van der Waals surface area contributed by atoms with Crippen LogP contribution in [0, 0.1) is 23.0 Å². The van der Waals surface area contributed by atoms with E-state index in [9.17, 15) is 48.2 Å². The molecule has 0 aliphatic carbocycles. The van der Waals surface area contributed by atoms with Crippen LogP contribution in [0.15, 0.2) is 58.7 Å². The zero-order valence-corrected chi connectivity index (χ0v) is 23.8. The minimum absolute atomic E-state index is 0.0266. The largest absolute Gasteiger partial charge is 0.493 e. The quantitative estimate of drug-likeness (QED) is 0.127. The number of nitro groups is 1. The van der Waals surface area contributed by atoms with E-state index >= 15 is 0 Å². The number of aryl methyl sites for hydroxylation is 1. The Hall–Kier alpha value is -4.50. The first kappa shape index (κ1) is 34.0. The van der Waals surface area contributed by atoms with E-state index in [1.165, 1.54) is 0 Å². The number of non-ortho nitro benzene ring substituents is 1. The molecule has 0 bridgehead atoms. The van der Waals surface area contributed by atoms with Gasteiger partial charge in [-0.1, -0.05) is 18.2 Å². The van der Waals surface area contributed by atoms with Gasteiger partial charge in [0.25, 0.3) is 5.69 Å². The number of carboxylic acid groups (broad SMARTS) is 2. The molecule has 0 saturated carbocycles. The van der Waals surface area contributed by atoms with Gasteiger partial charge < -0.3 is 30.1 Å². The number of hydrogen-bond acceptors (Lipinski definition) is 9. The van der Waals surface area contributed by atoms with Crippen LogP contribution < -0.4 is 14.8 Å². The van der Waals surface area contributed by atoms with Gasteiger partial charge in [-0.2, -0.15) is 13.2 Å². The van der Waals surface area contributed by atoms with E-state index in [1.807, 2.05) is 25.1 Å². The van der Waals surface area contributed by atoms with Crippen molar-refractivity contribution >= 4 is 23.3 Å². The van der Waals surface area contributed by atoms with Crippen molar-refractivity contribution in [1.82, 2.24) is 5.32 Å². The van der Waals surface area contributed by atoms with Gasteiger partial charge in [0.2, 0.25) is 0 Å². The molecule has 1 heterocycles. The highest BCUT2D eigenvalue weighted by atomic mass is 19.4. The monoisotopic (exact) mass is 623 g/mol. The number of carboxylic acids is 2. The fraction of sp³-hybridized carbons (Fsp3) is 0.414. The van der Waals surface area contributed by atoms with Crippen LogP contribution in [0.5, 0.6) is 11.5 Å². The van der Waals surface area contributed by atoms with Crippen molar-refractivity contribution in [2.75, 3.05) is 26.3 Å². The van der Waals surface area contributed by atoms with Crippen LogP contribution in [0.1, 0.15) is 36.8 Å². The standard InChI is InChI=1S/C29H32F3N3O9/c1-16-7-3-4-8-21(16)44-15-19(36)14-33-11-5-6-12-43-22-10-9-18(35(41)42)13-20(22)24-23(27(37)38)17(2)34-26(29(30,31)32)25(24)28(39)40/h3-4,7-10,13,19,23-24,33,36H,5-6,11-12,14-15H2,1-2H3,(H,37,38)(H,39,40). The summed E-state index contributed by atoms with van der Waals surface area (Å²) in [6.07, 6.45) is -5.11. The molecular formula is C29H32F3N3O9. The fourth-order valence-electron chi connectivity index (χ4n) is 4.76. The molecule has 44 heavy (non-hydrogen) atoms. The summed E-state index contributed by atoms with van der Waals surface area (Å²) in [5.74, 6) is -7.11. The van der Waals surface area contributed by atoms with Gasteiger partial charge in [-0.15, -0.1) is 0 Å². The number of nitro benzene ring substituents is 1. The molecule has 0 saturated heterocycles. The molecule has 0 aromatic heterocycles. The zero-order chi connectivity index (χ0) is 32.6. The third kappa shape index (κ3) is 8.54. The lowest BCUT2D eigenvalue weighted by Gasteiger charge is -2.31. The number of carbonyl (C=O) groups is 2. The van der Waals surface area contributed by atoms with Gasteiger partial charge in [0.15, 0.2) is 5.70 Å². The number of aliphatic imine (C=N–C) groups is 1. The smallest absolute Gasteiger partial charge is 0.433 e. The third-order valence-corrected chi connectivity index (χ3v) is 6.85. The van der Waals surface area contributed by atoms with Gasteiger partial charge >= 0.3 is 18.1 Å². The Bertz CT molecular complexity index is 1440. The van der Waals surface area contributed by atoms with Gasteiger partial charge in [0.05, 0.1) is 17.1 Å². The predicted octanol–water partition coefficient (Wildman–Crippen LogP) is 4.25. The molecular weight excluding hydrogens is 591 g/mol. The number of benzene rings is 2. The number of allylic oxidation sites excluding steroid dienone is 1. The number of aliphatic hydroxyl groups excluding tert-OH is 1. The molecule has 0 radical (unpaired) electrons. The van der Waals surface area contributed by atoms with E-state index in [2.05, 4.69) is 10.3 Å². The number of nitrogens with one attached hydrogen (secondary N) is 1. The molecule has 12 nitrogen and oxygen atoms in total. The minimum atomic E-state index is -5.24. The van der Waals surface area contributed by atoms with Crippen molar-refractivity contribution in [2.45, 2.75) is 44.9 Å². The topological polar surface area (TPSA) is 181 Å². The predicted molar refractivity (Wildman–Crippen MR) is 151 cm³/mol. The maximum absolute atomic E-state index is 13.8. The molecule has 0 amide bonds. The maximum Gasteiger partial charge on any atom is 0.433 e. The Balaban J connectivity index is 1.71. The molecule has 0 fully saturated rings. The molecule has 1 aliphatic rings. The number of alkyl halides is 3. The highest BCUT2D eigenvalue weighted by molar-refractivity contribution is 6.06. The Morgan fingerprint density at radius 2 is 1.80 bits per heavy atom. The number of hydrogen-bond donors (Lipinski definition) is 4. The first-order valence-electron chi connectivity index (χ1n) is 13.5. The van der Waals surface area contributed by atoms with Gasteiger partial charge in [-0.3, -0.25) is 19.9 Å². The normalized spacial score (nSPS) is 17.5. The molecule has 0 spiro atoms. The lowest BCUT2D eigenvalue weighted by atomic mass is 9.75. The van der Waals surface area contributed by atoms with Gasteiger partial charge in [0, 0.05) is 35.9 Å². The first-order valence-corrected chi connectivity index (χ1v) is 13.5. The lowest BCUT2D eigenvalue weighted by molar-refractivity contribution is -0.385. The van der Waals surface area contributed by atoms with E-state index in [0.717, 1.165) is 30.7 Å². The Labute approximate surface area is 250 Å². The summed E-state index contributed by atoms with van der Waals surface area (Å²) in [4.78, 5) is 38.2. The van der Waals surface area contributed by atoms with E-state index in [1.54, 1.807) is 6.07 Å². The highest BCUT2D eigenvalue weighted by Gasteiger charge is 2.50. The molecule has 1 aliphatic heterocycles. The zero-order valence-electron chi connectivity index (χ0n) is 23.8. The number of nitrogens with zero attached hydrogens (tertiary/aromatic N) is 2. The second kappa shape index (κ2) is 14.8. The molecule has 15 heteroatoms. The molecule has 3 unspecified atom stereocenters. The highest BCUT2D eigenvalue weighted by Crippen LogP contribution is 2.47. The summed E-state index contributed by atoms with van der Waals surface area (Å²) < 4.78 is 52.9. The van der Waals surface area contributed by atoms with E-state index < -0.39 is 69.2 Å². The molecule has 2 aromatic carbocycles. The second-order valence-electron chi connectivity index (χ2n) is 10.1. The van der Waals surface area contributed by atoms with E-state index in [4.69, 9.17) is 9.47 Å². The summed E-state index contributed by atoms with van der Waals surface area (Å²) >= 11 is 0. The third-order valence-electron chi connectivity index (χ3n) is 6.85. The second-order valence-corrected chi connectivity index (χ2v) is 10.1. The molecule has 3 rings (SSSR count). The van der Waals surface area contributed by atoms with Crippen molar-refractivity contribution in [2.24, 2.45) is 10.9 Å². The average Bonchev–Trinajstić information content (AvgIpc) is 2.94. The van der Waals surface area contributed by atoms with Crippen LogP contribution in [0.3, 0.4) is 0 Å². The SMILES string of the molecule is CC1=NC(C(F)(F)F)=C(C(=O)O)C(c2cc([N+](=O)[O-])ccc2OCCCCNCC(O)COc2ccccc2C)C1C(=O)O. The fourth-order valence-corrected chi connectivity index (χ4v) is 4.76. The van der Waals surface area contributed by atoms with Crippen molar-refractivity contribution in [3.8, 4) is 11.5 Å². The number of para-hydroxylation sites is 1. The van der Waals surface area contributed by atoms with Crippen molar-refractivity contribution in [3.63, 3.8) is 0 Å². The number of unbranched alkanes of at least 4 members (excludes halogenated alkanes) is 1. The summed E-state index contributed by atoms with van der Waals surface area (Å²) in [5.41, 5.74) is -3.71. The van der Waals surface area contributed by atoms with E-state index in [-0.39, 0.29) is 25.5 Å². The maximum atomic E-state index is 13.8. The van der Waals surface area contributed by atoms with Crippen molar-refractivity contribution in [3.05, 3.63) is 75.0 Å². The van der Waals surface area contributed by atoms with Crippen LogP contribution in [0.2, 0.25) is 0 Å². The van der Waals surface area contributed by atoms with Crippen LogP contribution in [-0.2, 0) is 9.59 Å². The van der Waals surface area contributed by atoms with Gasteiger partial charge in [-0.05, 0) is 50.9 Å². The van der Waals surface area contributed by atoms with E-state index in [0.29, 0.717) is 25.1 Å². The molecule has 3 atom stereocenters. The Morgan fingerprint density at radius 1 is 1.09 bits per heavy atom. The average molecular weight is 624 g/mol. The van der Waals surface area contributed by atoms with Crippen LogP contribution in [-0.4, -0.2) is 76.5 Å². The lowest BCUT2D eigenvalue weighted by Crippen LogP contribution is -2.37. The van der Waals surface area contributed by atoms with Gasteiger partial charge in [-0.25, -0.2) is 4.79 Å². The summed E-state index contributed by atoms with van der Waals surface area (Å²) in [6, 6.07) is 10.3. The minimum Gasteiger partial charge on any atom is -0.493 e. The molecule has 2 aromatic rings. The number of ether oxygens (including phenoxy) is 2. The first-order chi connectivity index (χ1) is 20.7. The summed E-state index contributed by atoms with van der Waals surface area (Å²) in [6.45, 7) is 3.66. The van der Waals surface area contributed by atoms with Crippen molar-refractivity contribution < 1.29 is 52.5 Å². The van der Waals surface area contributed by atoms with Crippen LogP contribution in [0.4, 0.5) is 18.9 Å². The van der Waals surface area contributed by atoms with Gasteiger partial charge in [0.1, 0.15) is 30.1 Å². The Morgan fingerprint density at radius 3 is 2.41 bits per heavy atom. The number of rotatable bonds is 15. The number of halogens is 3. The summed E-state index contributed by atoms with van der Waals surface area (Å²) in [7, 11) is 0. The van der Waals surface area contributed by atoms with Crippen molar-refractivity contribution in [1.29, 1.82) is 0 Å². The Kier molecular flexibility index (Phi) is 11.4.